The highest BCUT2D eigenvalue weighted by atomic mass is 16.5. The summed E-state index contributed by atoms with van der Waals surface area (Å²) in [7, 11) is 0. The number of benzene rings is 1. The number of aryl methyl sites for hydroxylation is 1. The number of carbonyl (C=O) groups is 1. The van der Waals surface area contributed by atoms with E-state index in [4.69, 9.17) is 9.15 Å². The zero-order valence-electron chi connectivity index (χ0n) is 13.9. The Balaban J connectivity index is 1.48. The van der Waals surface area contributed by atoms with Crippen LogP contribution in [0.3, 0.4) is 0 Å². The van der Waals surface area contributed by atoms with E-state index < -0.39 is 6.10 Å². The van der Waals surface area contributed by atoms with Gasteiger partial charge in [-0.25, -0.2) is 4.98 Å². The van der Waals surface area contributed by atoms with E-state index in [0.717, 1.165) is 19.3 Å². The monoisotopic (exact) mass is 336 g/mol. The molecule has 1 atom stereocenters. The largest absolute Gasteiger partial charge is 0.436 e. The molecule has 0 amide bonds. The molecule has 1 aromatic carbocycles. The number of nitrogens with zero attached hydrogens (tertiary/aromatic N) is 2. The van der Waals surface area contributed by atoms with Crippen LogP contribution in [-0.4, -0.2) is 22.9 Å². The molecule has 3 rings (SSSR count). The summed E-state index contributed by atoms with van der Waals surface area (Å²) in [6, 6.07) is 15.8. The molecule has 2 aromatic heterocycles. The quantitative estimate of drug-likeness (QED) is 0.436. The highest BCUT2D eigenvalue weighted by Crippen LogP contribution is 2.22. The van der Waals surface area contributed by atoms with E-state index in [1.54, 1.807) is 12.4 Å². The van der Waals surface area contributed by atoms with Crippen LogP contribution in [0.1, 0.15) is 30.4 Å². The number of hydrogen-bond donors (Lipinski definition) is 0. The van der Waals surface area contributed by atoms with Crippen LogP contribution in [0.25, 0.3) is 11.5 Å². The van der Waals surface area contributed by atoms with E-state index in [1.165, 1.54) is 5.56 Å². The predicted molar refractivity (Wildman–Crippen MR) is 93.9 cm³/mol. The average Bonchev–Trinajstić information content (AvgIpc) is 3.16. The van der Waals surface area contributed by atoms with Gasteiger partial charge in [-0.15, -0.1) is 0 Å². The second-order valence-corrected chi connectivity index (χ2v) is 5.65. The van der Waals surface area contributed by atoms with E-state index >= 15 is 0 Å². The molecule has 0 fully saturated rings. The number of carbonyl (C=O) groups excluding carboxylic acids is 1. The molecule has 25 heavy (non-hydrogen) atoms. The minimum Gasteiger partial charge on any atom is -0.436 e. The van der Waals surface area contributed by atoms with Gasteiger partial charge in [-0.2, -0.15) is 0 Å². The third-order valence-electron chi connectivity index (χ3n) is 3.81. The number of rotatable bonds is 9. The van der Waals surface area contributed by atoms with E-state index in [9.17, 15) is 4.79 Å². The second-order valence-electron chi connectivity index (χ2n) is 5.65. The topological polar surface area (TPSA) is 65.2 Å². The molecule has 0 saturated heterocycles. The van der Waals surface area contributed by atoms with Crippen molar-refractivity contribution in [3.8, 4) is 11.5 Å². The first-order valence-corrected chi connectivity index (χ1v) is 8.35. The summed E-state index contributed by atoms with van der Waals surface area (Å²) in [5, 5.41) is 0. The predicted octanol–water partition coefficient (Wildman–Crippen LogP) is 4.02. The number of ether oxygens (including phenoxy) is 1. The molecular formula is C20H20N2O3. The van der Waals surface area contributed by atoms with Crippen molar-refractivity contribution in [1.82, 2.24) is 9.97 Å². The van der Waals surface area contributed by atoms with Gasteiger partial charge in [0.05, 0.1) is 6.20 Å². The number of pyridine rings is 1. The van der Waals surface area contributed by atoms with E-state index in [1.807, 2.05) is 36.4 Å². The molecule has 2 heterocycles. The molecule has 0 N–H and O–H groups in total. The molecule has 0 spiro atoms. The first-order chi connectivity index (χ1) is 12.4. The van der Waals surface area contributed by atoms with Crippen LogP contribution in [0.15, 0.2) is 65.3 Å². The first-order valence-electron chi connectivity index (χ1n) is 8.35. The van der Waals surface area contributed by atoms with E-state index in [-0.39, 0.29) is 5.89 Å². The van der Waals surface area contributed by atoms with Gasteiger partial charge in [0, 0.05) is 12.8 Å². The molecule has 5 heteroatoms. The van der Waals surface area contributed by atoms with E-state index in [2.05, 4.69) is 22.1 Å². The van der Waals surface area contributed by atoms with Crippen molar-refractivity contribution in [2.24, 2.45) is 0 Å². The van der Waals surface area contributed by atoms with Gasteiger partial charge in [0.1, 0.15) is 5.69 Å². The smallest absolute Gasteiger partial charge is 0.231 e. The Morgan fingerprint density at radius 3 is 2.64 bits per heavy atom. The maximum atomic E-state index is 11.3. The van der Waals surface area contributed by atoms with Gasteiger partial charge in [-0.3, -0.25) is 9.78 Å². The summed E-state index contributed by atoms with van der Waals surface area (Å²) in [6.07, 6.45) is 6.04. The summed E-state index contributed by atoms with van der Waals surface area (Å²) in [5.41, 5.74) is 1.98. The molecule has 5 nitrogen and oxygen atoms in total. The Morgan fingerprint density at radius 2 is 1.88 bits per heavy atom. The van der Waals surface area contributed by atoms with Crippen molar-refractivity contribution >= 4 is 6.29 Å². The van der Waals surface area contributed by atoms with Crippen molar-refractivity contribution in [3.63, 3.8) is 0 Å². The van der Waals surface area contributed by atoms with Gasteiger partial charge in [0.15, 0.2) is 18.2 Å². The average molecular weight is 336 g/mol. The molecule has 0 bridgehead atoms. The normalized spacial score (nSPS) is 12.0. The molecule has 128 valence electrons. The zero-order valence-corrected chi connectivity index (χ0v) is 13.9. The second kappa shape index (κ2) is 8.89. The minimum atomic E-state index is -0.783. The fourth-order valence-corrected chi connectivity index (χ4v) is 2.50. The van der Waals surface area contributed by atoms with Crippen LogP contribution in [0.4, 0.5) is 0 Å². The van der Waals surface area contributed by atoms with Crippen LogP contribution in [0, 0.1) is 0 Å². The fourth-order valence-electron chi connectivity index (χ4n) is 2.50. The molecule has 0 radical (unpaired) electrons. The number of oxazole rings is 1. The Morgan fingerprint density at radius 1 is 1.04 bits per heavy atom. The van der Waals surface area contributed by atoms with E-state index in [0.29, 0.717) is 24.3 Å². The highest BCUT2D eigenvalue weighted by molar-refractivity contribution is 5.58. The fraction of sp³-hybridized carbons (Fsp3) is 0.250. The van der Waals surface area contributed by atoms with Crippen LogP contribution in [-0.2, 0) is 16.0 Å². The lowest BCUT2D eigenvalue weighted by molar-refractivity contribution is -0.119. The van der Waals surface area contributed by atoms with Gasteiger partial charge >= 0.3 is 0 Å². The molecular weight excluding hydrogens is 316 g/mol. The lowest BCUT2D eigenvalue weighted by atomic mass is 10.1. The van der Waals surface area contributed by atoms with Gasteiger partial charge < -0.3 is 9.15 Å². The Bertz CT molecular complexity index is 772. The van der Waals surface area contributed by atoms with Crippen LogP contribution >= 0.6 is 0 Å². The molecule has 3 aromatic rings. The molecule has 0 saturated carbocycles. The van der Waals surface area contributed by atoms with Crippen molar-refractivity contribution in [2.45, 2.75) is 25.4 Å². The number of aldehydes is 1. The van der Waals surface area contributed by atoms with Crippen molar-refractivity contribution in [2.75, 3.05) is 6.61 Å². The summed E-state index contributed by atoms with van der Waals surface area (Å²) in [4.78, 5) is 19.6. The Hall–Kier alpha value is -2.79. The van der Waals surface area contributed by atoms with Gasteiger partial charge in [0.2, 0.25) is 5.89 Å². The standard InChI is InChI=1S/C20H20N2O3/c23-15-19(24-13-7-5-10-16-8-2-1-3-9-16)20-22-14-18(25-20)17-11-4-6-12-21-17/h1-4,6,8-9,11-12,14-15,19H,5,7,10,13H2. The maximum absolute atomic E-state index is 11.3. The number of hydrogen-bond acceptors (Lipinski definition) is 5. The summed E-state index contributed by atoms with van der Waals surface area (Å²) < 4.78 is 11.2. The van der Waals surface area contributed by atoms with Gasteiger partial charge in [0.25, 0.3) is 0 Å². The Labute approximate surface area is 146 Å². The number of unbranched alkanes of at least 4 members (excludes halogenated alkanes) is 1. The lowest BCUT2D eigenvalue weighted by Crippen LogP contribution is -2.07. The van der Waals surface area contributed by atoms with Gasteiger partial charge in [-0.1, -0.05) is 36.4 Å². The summed E-state index contributed by atoms with van der Waals surface area (Å²) >= 11 is 0. The van der Waals surface area contributed by atoms with Crippen molar-refractivity contribution in [3.05, 3.63) is 72.4 Å². The maximum Gasteiger partial charge on any atom is 0.231 e. The lowest BCUT2D eigenvalue weighted by Gasteiger charge is -2.08. The van der Waals surface area contributed by atoms with Crippen LogP contribution in [0.2, 0.25) is 0 Å². The van der Waals surface area contributed by atoms with Crippen molar-refractivity contribution in [1.29, 1.82) is 0 Å². The minimum absolute atomic E-state index is 0.263. The SMILES string of the molecule is O=CC(OCCCCc1ccccc1)c1ncc(-c2ccccn2)o1. The zero-order chi connectivity index (χ0) is 17.3. The highest BCUT2D eigenvalue weighted by Gasteiger charge is 2.18. The molecule has 0 aliphatic rings. The van der Waals surface area contributed by atoms with Gasteiger partial charge in [-0.05, 0) is 37.0 Å². The third-order valence-corrected chi connectivity index (χ3v) is 3.81. The molecule has 0 aliphatic heterocycles. The first kappa shape index (κ1) is 17.0. The molecule has 0 aliphatic carbocycles. The van der Waals surface area contributed by atoms with Crippen LogP contribution < -0.4 is 0 Å². The number of aromatic nitrogens is 2. The van der Waals surface area contributed by atoms with Crippen molar-refractivity contribution < 1.29 is 13.9 Å². The van der Waals surface area contributed by atoms with Crippen LogP contribution in [0.5, 0.6) is 0 Å². The third kappa shape index (κ3) is 4.84. The molecule has 1 unspecified atom stereocenters. The Kier molecular flexibility index (Phi) is 6.06. The summed E-state index contributed by atoms with van der Waals surface area (Å²) in [6.45, 7) is 0.484. The summed E-state index contributed by atoms with van der Waals surface area (Å²) in [5.74, 6) is 0.786.